The van der Waals surface area contributed by atoms with Crippen molar-refractivity contribution in [2.75, 3.05) is 26.2 Å². The lowest BCUT2D eigenvalue weighted by Crippen LogP contribution is -2.36. The van der Waals surface area contributed by atoms with Crippen molar-refractivity contribution in [3.8, 4) is 0 Å². The van der Waals surface area contributed by atoms with Gasteiger partial charge in [-0.2, -0.15) is 0 Å². The van der Waals surface area contributed by atoms with Crippen molar-refractivity contribution < 1.29 is 24.9 Å². The minimum atomic E-state index is -0.829. The van der Waals surface area contributed by atoms with Crippen molar-refractivity contribution in [3.05, 3.63) is 0 Å². The zero-order chi connectivity index (χ0) is 9.56. The summed E-state index contributed by atoms with van der Waals surface area (Å²) >= 11 is 0. The van der Waals surface area contributed by atoms with Gasteiger partial charge in [-0.3, -0.25) is 4.90 Å². The summed E-state index contributed by atoms with van der Waals surface area (Å²) in [4.78, 5) is 21.8. The van der Waals surface area contributed by atoms with Crippen molar-refractivity contribution >= 4 is 11.9 Å². The van der Waals surface area contributed by atoms with Gasteiger partial charge < -0.3 is 15.3 Å². The summed E-state index contributed by atoms with van der Waals surface area (Å²) in [5.41, 5.74) is 0. The lowest BCUT2D eigenvalue weighted by Gasteiger charge is -2.11. The van der Waals surface area contributed by atoms with E-state index in [2.05, 4.69) is 0 Å². The molecule has 0 heterocycles. The van der Waals surface area contributed by atoms with Crippen LogP contribution in [0.1, 0.15) is 0 Å². The molecular weight excluding hydrogens is 166 g/mol. The molecule has 6 nitrogen and oxygen atoms in total. The average Bonchev–Trinajstić information content (AvgIpc) is 1.84. The minimum Gasteiger partial charge on any atom is -0.564 e. The topological polar surface area (TPSA) is 103 Å². The van der Waals surface area contributed by atoms with Crippen LogP contribution in [0.25, 0.3) is 0 Å². The SMILES string of the molecule is O=C([OH2+])CN(CCO)CC(=O)[OH2+]. The fraction of sp³-hybridized carbons (Fsp3) is 0.667. The molecule has 0 radical (unpaired) electrons. The lowest BCUT2D eigenvalue weighted by atomic mass is 10.4. The first kappa shape index (κ1) is 10.9. The first-order valence-corrected chi connectivity index (χ1v) is 3.38. The van der Waals surface area contributed by atoms with E-state index >= 15 is 0 Å². The Morgan fingerprint density at radius 1 is 1.17 bits per heavy atom. The molecule has 0 aliphatic carbocycles. The molecule has 0 bridgehead atoms. The minimum absolute atomic E-state index is 0.134. The van der Waals surface area contributed by atoms with E-state index in [0.717, 1.165) is 0 Å². The highest BCUT2D eigenvalue weighted by Crippen LogP contribution is 1.86. The monoisotopic (exact) mass is 179 g/mol. The number of nitrogens with zero attached hydrogens (tertiary/aromatic N) is 1. The van der Waals surface area contributed by atoms with Crippen LogP contribution < -0.4 is 0 Å². The Kier molecular flexibility index (Phi) is 4.98. The number of rotatable bonds is 6. The largest absolute Gasteiger partial charge is 0.564 e. The first-order valence-electron chi connectivity index (χ1n) is 3.38. The van der Waals surface area contributed by atoms with Crippen LogP contribution in [0.3, 0.4) is 0 Å². The van der Waals surface area contributed by atoms with Crippen LogP contribution in [-0.4, -0.2) is 58.4 Å². The van der Waals surface area contributed by atoms with E-state index in [1.807, 2.05) is 0 Å². The molecule has 12 heavy (non-hydrogen) atoms. The predicted octanol–water partition coefficient (Wildman–Crippen LogP) is -3.22. The molecule has 6 heteroatoms. The Balaban J connectivity index is 3.85. The van der Waals surface area contributed by atoms with Gasteiger partial charge in [0.1, 0.15) is 0 Å². The van der Waals surface area contributed by atoms with Gasteiger partial charge in [0, 0.05) is 16.1 Å². The molecule has 0 rings (SSSR count). The van der Waals surface area contributed by atoms with Gasteiger partial charge in [0.15, 0.2) is 13.1 Å². The number of hydrogen-bond acceptors (Lipinski definition) is 4. The maximum absolute atomic E-state index is 10.3. The third-order valence-electron chi connectivity index (χ3n) is 1.15. The number of carbonyl (C=O) groups is 2. The molecule has 0 unspecified atom stereocenters. The number of aliphatic hydroxyl groups excluding tert-OH is 1. The average molecular weight is 179 g/mol. The Morgan fingerprint density at radius 3 is 1.83 bits per heavy atom. The number of carbonyl (C=O) groups excluding carboxylic acids is 2. The summed E-state index contributed by atoms with van der Waals surface area (Å²) < 4.78 is 0. The molecule has 0 fully saturated rings. The molecule has 0 spiro atoms. The van der Waals surface area contributed by atoms with Crippen LogP contribution >= 0.6 is 0 Å². The Hall–Kier alpha value is -1.14. The standard InChI is InChI=1S/C6H11NO5/c8-2-1-7(3-5(9)10)4-6(11)12/h8H,1-4H2,(H,9,10)(H,11,12)/p+2. The molecule has 0 atom stereocenters. The summed E-state index contributed by atoms with van der Waals surface area (Å²) in [5, 5.41) is 21.7. The summed E-state index contributed by atoms with van der Waals surface area (Å²) in [6.45, 7) is -0.494. The number of hydrogen-bond donors (Lipinski definition) is 1. The van der Waals surface area contributed by atoms with Crippen molar-refractivity contribution in [1.82, 2.24) is 4.90 Å². The molecule has 5 N–H and O–H groups in total. The predicted molar refractivity (Wildman–Crippen MR) is 40.8 cm³/mol. The second-order valence-electron chi connectivity index (χ2n) is 2.28. The smallest absolute Gasteiger partial charge is 0.530 e. The van der Waals surface area contributed by atoms with Gasteiger partial charge in [-0.25, -0.2) is 0 Å². The van der Waals surface area contributed by atoms with E-state index in [1.54, 1.807) is 0 Å². The Labute approximate surface area is 69.0 Å². The van der Waals surface area contributed by atoms with E-state index < -0.39 is 11.9 Å². The van der Waals surface area contributed by atoms with Crippen molar-refractivity contribution in [1.29, 1.82) is 0 Å². The molecule has 0 amide bonds. The van der Waals surface area contributed by atoms with Crippen LogP contribution in [0.15, 0.2) is 0 Å². The van der Waals surface area contributed by atoms with E-state index in [9.17, 15) is 9.59 Å². The molecule has 0 aliphatic heterocycles. The Morgan fingerprint density at radius 2 is 1.58 bits per heavy atom. The summed E-state index contributed by atoms with van der Waals surface area (Å²) in [7, 11) is 0. The molecule has 0 aromatic carbocycles. The van der Waals surface area contributed by atoms with Gasteiger partial charge >= 0.3 is 11.9 Å². The maximum atomic E-state index is 10.3. The van der Waals surface area contributed by atoms with E-state index in [1.165, 1.54) is 4.90 Å². The van der Waals surface area contributed by atoms with Crippen LogP contribution in [-0.2, 0) is 9.59 Å². The lowest BCUT2D eigenvalue weighted by molar-refractivity contribution is -0.141. The second kappa shape index (κ2) is 5.50. The van der Waals surface area contributed by atoms with Crippen LogP contribution in [0.4, 0.5) is 0 Å². The number of aliphatic hydroxyl groups is 1. The summed E-state index contributed by atoms with van der Waals surface area (Å²) in [5.74, 6) is -1.66. The van der Waals surface area contributed by atoms with Crippen molar-refractivity contribution in [2.45, 2.75) is 0 Å². The zero-order valence-corrected chi connectivity index (χ0v) is 6.54. The maximum Gasteiger partial charge on any atom is 0.530 e. The molecule has 0 saturated heterocycles. The highest BCUT2D eigenvalue weighted by Gasteiger charge is 2.20. The van der Waals surface area contributed by atoms with Gasteiger partial charge in [0.25, 0.3) is 0 Å². The quantitative estimate of drug-likeness (QED) is 0.433. The third-order valence-corrected chi connectivity index (χ3v) is 1.15. The van der Waals surface area contributed by atoms with Crippen molar-refractivity contribution in [3.63, 3.8) is 0 Å². The third kappa shape index (κ3) is 5.63. The first-order chi connectivity index (χ1) is 5.56. The van der Waals surface area contributed by atoms with E-state index in [-0.39, 0.29) is 26.2 Å². The molecule has 0 saturated carbocycles. The summed E-state index contributed by atoms with van der Waals surface area (Å²) in [6.07, 6.45) is 0. The zero-order valence-electron chi connectivity index (χ0n) is 6.54. The fourth-order valence-corrected chi connectivity index (χ4v) is 0.762. The fourth-order valence-electron chi connectivity index (χ4n) is 0.762. The second-order valence-corrected chi connectivity index (χ2v) is 2.28. The highest BCUT2D eigenvalue weighted by molar-refractivity contribution is 5.72. The molecule has 0 aromatic rings. The summed E-state index contributed by atoms with van der Waals surface area (Å²) in [6, 6.07) is 0. The Bertz CT molecular complexity index is 153. The molecule has 70 valence electrons. The van der Waals surface area contributed by atoms with Crippen LogP contribution in [0, 0.1) is 0 Å². The highest BCUT2D eigenvalue weighted by atomic mass is 16.4. The molecular formula is C6H13NO5+2. The van der Waals surface area contributed by atoms with Gasteiger partial charge in [0.2, 0.25) is 0 Å². The normalized spacial score (nSPS) is 10.2. The molecule has 0 aliphatic rings. The van der Waals surface area contributed by atoms with Gasteiger partial charge in [0.05, 0.1) is 6.61 Å². The van der Waals surface area contributed by atoms with Gasteiger partial charge in [-0.1, -0.05) is 0 Å². The van der Waals surface area contributed by atoms with Gasteiger partial charge in [-0.05, 0) is 0 Å². The van der Waals surface area contributed by atoms with E-state index in [0.29, 0.717) is 0 Å². The van der Waals surface area contributed by atoms with Crippen molar-refractivity contribution in [2.24, 2.45) is 0 Å². The van der Waals surface area contributed by atoms with Crippen LogP contribution in [0.5, 0.6) is 0 Å². The van der Waals surface area contributed by atoms with Crippen LogP contribution in [0.2, 0.25) is 0 Å². The van der Waals surface area contributed by atoms with Gasteiger partial charge in [-0.15, -0.1) is 0 Å². The van der Waals surface area contributed by atoms with E-state index in [4.69, 9.17) is 15.3 Å². The molecule has 0 aromatic heterocycles.